The van der Waals surface area contributed by atoms with Crippen molar-refractivity contribution in [1.29, 1.82) is 0 Å². The van der Waals surface area contributed by atoms with E-state index in [0.717, 1.165) is 36.0 Å². The summed E-state index contributed by atoms with van der Waals surface area (Å²) in [5, 5.41) is 6.46. The topological polar surface area (TPSA) is 41.1 Å². The zero-order valence-corrected chi connectivity index (χ0v) is 13.0. The first kappa shape index (κ1) is 14.0. The Kier molecular flexibility index (Phi) is 4.81. The lowest BCUT2D eigenvalue weighted by atomic mass is 9.91. The highest BCUT2D eigenvalue weighted by molar-refractivity contribution is 9.11. The van der Waals surface area contributed by atoms with E-state index < -0.39 is 0 Å². The van der Waals surface area contributed by atoms with E-state index in [2.05, 4.69) is 33.5 Å². The Morgan fingerprint density at radius 3 is 3.00 bits per heavy atom. The number of halogens is 1. The van der Waals surface area contributed by atoms with Gasteiger partial charge in [-0.05, 0) is 53.9 Å². The third-order valence-electron chi connectivity index (χ3n) is 3.41. The van der Waals surface area contributed by atoms with Crippen LogP contribution in [0.15, 0.2) is 15.9 Å². The molecule has 1 aliphatic rings. The molecule has 18 heavy (non-hydrogen) atoms. The van der Waals surface area contributed by atoms with Crippen molar-refractivity contribution >= 4 is 33.2 Å². The highest BCUT2D eigenvalue weighted by Crippen LogP contribution is 2.26. The van der Waals surface area contributed by atoms with Crippen molar-refractivity contribution in [3.8, 4) is 0 Å². The van der Waals surface area contributed by atoms with E-state index in [1.807, 2.05) is 12.1 Å². The predicted molar refractivity (Wildman–Crippen MR) is 78.7 cm³/mol. The van der Waals surface area contributed by atoms with Gasteiger partial charge in [-0.1, -0.05) is 13.3 Å². The van der Waals surface area contributed by atoms with Gasteiger partial charge in [0.25, 0.3) is 0 Å². The van der Waals surface area contributed by atoms with Gasteiger partial charge in [0.2, 0.25) is 5.91 Å². The monoisotopic (exact) mass is 330 g/mol. The summed E-state index contributed by atoms with van der Waals surface area (Å²) in [7, 11) is 0. The minimum atomic E-state index is -0.316. The molecule has 1 amide bonds. The number of carbonyl (C=O) groups excluding carboxylic acids is 1. The lowest BCUT2D eigenvalue weighted by molar-refractivity contribution is -0.127. The zero-order chi connectivity index (χ0) is 13.0. The van der Waals surface area contributed by atoms with E-state index in [1.54, 1.807) is 11.3 Å². The van der Waals surface area contributed by atoms with Gasteiger partial charge >= 0.3 is 0 Å². The second kappa shape index (κ2) is 6.17. The van der Waals surface area contributed by atoms with Crippen molar-refractivity contribution in [2.24, 2.45) is 0 Å². The largest absolute Gasteiger partial charge is 0.350 e. The van der Waals surface area contributed by atoms with Crippen LogP contribution >= 0.6 is 27.3 Å². The van der Waals surface area contributed by atoms with Crippen LogP contribution in [-0.2, 0) is 11.3 Å². The van der Waals surface area contributed by atoms with Gasteiger partial charge in [-0.25, -0.2) is 0 Å². The fraction of sp³-hybridized carbons (Fsp3) is 0.615. The molecule has 2 N–H and O–H groups in total. The average molecular weight is 331 g/mol. The minimum absolute atomic E-state index is 0.159. The molecule has 1 aromatic rings. The van der Waals surface area contributed by atoms with Crippen molar-refractivity contribution in [2.45, 2.75) is 44.7 Å². The van der Waals surface area contributed by atoms with Crippen LogP contribution < -0.4 is 10.6 Å². The van der Waals surface area contributed by atoms with Crippen LogP contribution in [0, 0.1) is 0 Å². The minimum Gasteiger partial charge on any atom is -0.350 e. The number of hydrogen-bond donors (Lipinski definition) is 2. The lowest BCUT2D eigenvalue weighted by Gasteiger charge is -2.27. The Bertz CT molecular complexity index is 413. The molecule has 3 nitrogen and oxygen atoms in total. The molecular formula is C13H19BrN2OS. The Balaban J connectivity index is 1.93. The Labute approximate surface area is 120 Å². The number of nitrogens with one attached hydrogen (secondary N) is 2. The van der Waals surface area contributed by atoms with Crippen molar-refractivity contribution < 1.29 is 4.79 Å². The highest BCUT2D eigenvalue weighted by Gasteiger charge is 2.39. The maximum absolute atomic E-state index is 12.4. The molecule has 1 fully saturated rings. The molecule has 1 unspecified atom stereocenters. The van der Waals surface area contributed by atoms with Crippen LogP contribution in [0.1, 0.15) is 37.5 Å². The van der Waals surface area contributed by atoms with E-state index in [4.69, 9.17) is 0 Å². The fourth-order valence-corrected chi connectivity index (χ4v) is 3.96. The summed E-state index contributed by atoms with van der Waals surface area (Å²) in [5.41, 5.74) is -0.316. The predicted octanol–water partition coefficient (Wildman–Crippen LogP) is 3.05. The molecule has 0 aromatic carbocycles. The highest BCUT2D eigenvalue weighted by atomic mass is 79.9. The van der Waals surface area contributed by atoms with Gasteiger partial charge in [0.05, 0.1) is 15.9 Å². The van der Waals surface area contributed by atoms with E-state index in [-0.39, 0.29) is 11.4 Å². The normalized spacial score (nSPS) is 23.2. The molecule has 1 aliphatic heterocycles. The van der Waals surface area contributed by atoms with E-state index in [9.17, 15) is 4.79 Å². The molecule has 100 valence electrons. The van der Waals surface area contributed by atoms with Gasteiger partial charge in [-0.15, -0.1) is 11.3 Å². The Hall–Kier alpha value is -0.390. The maximum atomic E-state index is 12.4. The lowest BCUT2D eigenvalue weighted by Crippen LogP contribution is -2.53. The van der Waals surface area contributed by atoms with Crippen molar-refractivity contribution in [1.82, 2.24) is 10.6 Å². The van der Waals surface area contributed by atoms with Gasteiger partial charge in [-0.3, -0.25) is 4.79 Å². The quantitative estimate of drug-likeness (QED) is 0.871. The zero-order valence-electron chi connectivity index (χ0n) is 10.6. The molecule has 0 spiro atoms. The molecular weight excluding hydrogens is 312 g/mol. The summed E-state index contributed by atoms with van der Waals surface area (Å²) >= 11 is 5.10. The number of hydrogen-bond acceptors (Lipinski definition) is 3. The molecule has 1 aromatic heterocycles. The summed E-state index contributed by atoms with van der Waals surface area (Å²) in [6.45, 7) is 3.71. The van der Waals surface area contributed by atoms with Crippen LogP contribution in [0.3, 0.4) is 0 Å². The second-order valence-corrected chi connectivity index (χ2v) is 7.30. The van der Waals surface area contributed by atoms with E-state index >= 15 is 0 Å². The smallest absolute Gasteiger partial charge is 0.240 e. The molecule has 0 bridgehead atoms. The van der Waals surface area contributed by atoms with E-state index in [1.165, 1.54) is 4.88 Å². The molecule has 1 atom stereocenters. The number of carbonyl (C=O) groups is 1. The number of rotatable bonds is 5. The first-order valence-corrected chi connectivity index (χ1v) is 8.05. The van der Waals surface area contributed by atoms with Crippen molar-refractivity contribution in [3.05, 3.63) is 20.8 Å². The SMILES string of the molecule is CCCC1(C(=O)NCc2ccc(Br)s2)CCCN1. The molecule has 2 heterocycles. The third-order valence-corrected chi connectivity index (χ3v) is 5.03. The fourth-order valence-electron chi connectivity index (χ4n) is 2.54. The Morgan fingerprint density at radius 2 is 2.44 bits per heavy atom. The molecule has 0 aliphatic carbocycles. The van der Waals surface area contributed by atoms with Crippen molar-refractivity contribution in [2.75, 3.05) is 6.54 Å². The van der Waals surface area contributed by atoms with Gasteiger partial charge < -0.3 is 10.6 Å². The van der Waals surface area contributed by atoms with Gasteiger partial charge in [0.15, 0.2) is 0 Å². The molecule has 0 radical (unpaired) electrons. The van der Waals surface area contributed by atoms with Crippen molar-refractivity contribution in [3.63, 3.8) is 0 Å². The van der Waals surface area contributed by atoms with Crippen LogP contribution in [-0.4, -0.2) is 18.0 Å². The van der Waals surface area contributed by atoms with Crippen LogP contribution in [0.2, 0.25) is 0 Å². The number of amides is 1. The van der Waals surface area contributed by atoms with Gasteiger partial charge in [0.1, 0.15) is 0 Å². The standard InChI is InChI=1S/C13H19BrN2OS/c1-2-6-13(7-3-8-16-13)12(17)15-9-10-4-5-11(14)18-10/h4-5,16H,2-3,6-9H2,1H3,(H,15,17). The summed E-state index contributed by atoms with van der Waals surface area (Å²) in [4.78, 5) is 13.5. The maximum Gasteiger partial charge on any atom is 0.240 e. The van der Waals surface area contributed by atoms with Crippen LogP contribution in [0.25, 0.3) is 0 Å². The third kappa shape index (κ3) is 3.13. The van der Waals surface area contributed by atoms with Crippen LogP contribution in [0.5, 0.6) is 0 Å². The Morgan fingerprint density at radius 1 is 1.61 bits per heavy atom. The number of thiophene rings is 1. The summed E-state index contributed by atoms with van der Waals surface area (Å²) in [6.07, 6.45) is 4.01. The molecule has 2 rings (SSSR count). The summed E-state index contributed by atoms with van der Waals surface area (Å²) in [5.74, 6) is 0.159. The van der Waals surface area contributed by atoms with Gasteiger partial charge in [0, 0.05) is 4.88 Å². The first-order valence-electron chi connectivity index (χ1n) is 6.44. The van der Waals surface area contributed by atoms with E-state index in [0.29, 0.717) is 6.54 Å². The first-order chi connectivity index (χ1) is 8.66. The average Bonchev–Trinajstić information content (AvgIpc) is 2.97. The molecule has 1 saturated heterocycles. The van der Waals surface area contributed by atoms with Crippen LogP contribution in [0.4, 0.5) is 0 Å². The van der Waals surface area contributed by atoms with Gasteiger partial charge in [-0.2, -0.15) is 0 Å². The second-order valence-electron chi connectivity index (χ2n) is 4.75. The molecule has 5 heteroatoms. The summed E-state index contributed by atoms with van der Waals surface area (Å²) < 4.78 is 1.11. The molecule has 0 saturated carbocycles. The summed E-state index contributed by atoms with van der Waals surface area (Å²) in [6, 6.07) is 4.06.